The zero-order chi connectivity index (χ0) is 13.3. The lowest BCUT2D eigenvalue weighted by Crippen LogP contribution is -2.31. The first-order valence-electron chi connectivity index (χ1n) is 6.49. The van der Waals surface area contributed by atoms with Crippen molar-refractivity contribution in [2.75, 3.05) is 33.4 Å². The molecule has 0 aromatic carbocycles. The van der Waals surface area contributed by atoms with Gasteiger partial charge in [0.2, 0.25) is 0 Å². The van der Waals surface area contributed by atoms with Crippen molar-refractivity contribution in [2.45, 2.75) is 40.0 Å². The number of nitrogens with two attached hydrogens (primary N) is 1. The highest BCUT2D eigenvalue weighted by Crippen LogP contribution is 2.22. The number of nitrogens with one attached hydrogen (secondary N) is 1. The molecule has 0 amide bonds. The Morgan fingerprint density at radius 1 is 1.29 bits per heavy atom. The van der Waals surface area contributed by atoms with E-state index in [-0.39, 0.29) is 5.41 Å². The smallest absolute Gasteiger partial charge is 0.0963 e. The summed E-state index contributed by atoms with van der Waals surface area (Å²) < 4.78 is 5.08. The van der Waals surface area contributed by atoms with Crippen molar-refractivity contribution in [3.05, 3.63) is 0 Å². The van der Waals surface area contributed by atoms with Crippen LogP contribution in [0.1, 0.15) is 40.0 Å². The van der Waals surface area contributed by atoms with E-state index in [1.165, 1.54) is 0 Å². The molecule has 4 heteroatoms. The number of ether oxygens (including phenoxy) is 1. The van der Waals surface area contributed by atoms with Gasteiger partial charge in [-0.25, -0.2) is 0 Å². The highest BCUT2D eigenvalue weighted by Gasteiger charge is 2.20. The van der Waals surface area contributed by atoms with Gasteiger partial charge in [-0.3, -0.25) is 5.41 Å². The lowest BCUT2D eigenvalue weighted by Gasteiger charge is -2.24. The van der Waals surface area contributed by atoms with Crippen LogP contribution in [0.25, 0.3) is 0 Å². The number of methoxy groups -OCH3 is 1. The second-order valence-electron chi connectivity index (χ2n) is 5.18. The van der Waals surface area contributed by atoms with Gasteiger partial charge >= 0.3 is 0 Å². The Balaban J connectivity index is 3.71. The number of amidine groups is 1. The Hall–Kier alpha value is -0.610. The van der Waals surface area contributed by atoms with Crippen molar-refractivity contribution in [2.24, 2.45) is 11.1 Å². The van der Waals surface area contributed by atoms with Crippen LogP contribution in [-0.4, -0.2) is 44.1 Å². The van der Waals surface area contributed by atoms with Crippen molar-refractivity contribution in [3.8, 4) is 0 Å². The van der Waals surface area contributed by atoms with Gasteiger partial charge in [0.15, 0.2) is 0 Å². The fraction of sp³-hybridized carbons (Fsp3) is 0.923. The van der Waals surface area contributed by atoms with E-state index in [0.29, 0.717) is 5.84 Å². The molecule has 102 valence electrons. The fourth-order valence-electron chi connectivity index (χ4n) is 1.69. The number of hydrogen-bond donors (Lipinski definition) is 2. The van der Waals surface area contributed by atoms with Crippen molar-refractivity contribution in [3.63, 3.8) is 0 Å². The summed E-state index contributed by atoms with van der Waals surface area (Å²) in [5, 5.41) is 7.50. The molecule has 0 aliphatic carbocycles. The van der Waals surface area contributed by atoms with E-state index in [9.17, 15) is 0 Å². The first kappa shape index (κ1) is 16.4. The molecule has 4 nitrogen and oxygen atoms in total. The fourth-order valence-corrected chi connectivity index (χ4v) is 1.69. The summed E-state index contributed by atoms with van der Waals surface area (Å²) in [6, 6.07) is 0. The Morgan fingerprint density at radius 3 is 2.41 bits per heavy atom. The number of likely N-dealkylation sites (N-methyl/N-ethyl adjacent to an activating group) is 1. The average molecular weight is 243 g/mol. The molecule has 0 saturated carbocycles. The van der Waals surface area contributed by atoms with Gasteiger partial charge in [-0.2, -0.15) is 0 Å². The summed E-state index contributed by atoms with van der Waals surface area (Å²) >= 11 is 0. The minimum atomic E-state index is -0.149. The molecule has 17 heavy (non-hydrogen) atoms. The zero-order valence-corrected chi connectivity index (χ0v) is 11.9. The Kier molecular flexibility index (Phi) is 8.17. The molecule has 0 aromatic rings. The summed E-state index contributed by atoms with van der Waals surface area (Å²) in [5.41, 5.74) is 5.41. The van der Waals surface area contributed by atoms with E-state index in [1.54, 1.807) is 7.11 Å². The van der Waals surface area contributed by atoms with E-state index in [2.05, 4.69) is 11.8 Å². The first-order valence-corrected chi connectivity index (χ1v) is 6.49. The van der Waals surface area contributed by atoms with Crippen molar-refractivity contribution >= 4 is 5.84 Å². The number of unbranched alkanes of at least 4 members (excludes halogenated alkanes) is 1. The molecule has 0 saturated heterocycles. The van der Waals surface area contributed by atoms with E-state index in [0.717, 1.165) is 45.5 Å². The third kappa shape index (κ3) is 7.34. The second kappa shape index (κ2) is 8.48. The highest BCUT2D eigenvalue weighted by atomic mass is 16.5. The summed E-state index contributed by atoms with van der Waals surface area (Å²) in [4.78, 5) is 2.39. The van der Waals surface area contributed by atoms with Crippen LogP contribution in [0.5, 0.6) is 0 Å². The van der Waals surface area contributed by atoms with Gasteiger partial charge in [0, 0.05) is 19.1 Å². The molecule has 0 heterocycles. The van der Waals surface area contributed by atoms with Crippen LogP contribution in [0.4, 0.5) is 0 Å². The lowest BCUT2D eigenvalue weighted by atomic mass is 9.86. The second-order valence-corrected chi connectivity index (χ2v) is 5.18. The SMILES string of the molecule is CCN(CCCCC(C)(C)C(=N)N)CCOC. The van der Waals surface area contributed by atoms with Gasteiger partial charge in [-0.15, -0.1) is 0 Å². The molecule has 0 bridgehead atoms. The van der Waals surface area contributed by atoms with Crippen LogP contribution in [0, 0.1) is 10.8 Å². The minimum Gasteiger partial charge on any atom is -0.387 e. The van der Waals surface area contributed by atoms with Crippen LogP contribution in [0.2, 0.25) is 0 Å². The molecule has 0 atom stereocenters. The van der Waals surface area contributed by atoms with E-state index in [1.807, 2.05) is 13.8 Å². The molecule has 3 N–H and O–H groups in total. The maximum atomic E-state index is 7.50. The number of nitrogens with zero attached hydrogens (tertiary/aromatic N) is 1. The molecule has 0 radical (unpaired) electrons. The van der Waals surface area contributed by atoms with Gasteiger partial charge in [-0.05, 0) is 25.9 Å². The highest BCUT2D eigenvalue weighted by molar-refractivity contribution is 5.82. The number of hydrogen-bond acceptors (Lipinski definition) is 3. The minimum absolute atomic E-state index is 0.149. The van der Waals surface area contributed by atoms with Gasteiger partial charge < -0.3 is 15.4 Å². The predicted molar refractivity (Wildman–Crippen MR) is 73.5 cm³/mol. The molecular formula is C13H29N3O. The first-order chi connectivity index (χ1) is 7.94. The van der Waals surface area contributed by atoms with E-state index in [4.69, 9.17) is 15.9 Å². The Morgan fingerprint density at radius 2 is 1.94 bits per heavy atom. The van der Waals surface area contributed by atoms with Crippen molar-refractivity contribution in [1.82, 2.24) is 4.90 Å². The van der Waals surface area contributed by atoms with Gasteiger partial charge in [-0.1, -0.05) is 27.2 Å². The topological polar surface area (TPSA) is 62.3 Å². The normalized spacial score (nSPS) is 12.1. The zero-order valence-electron chi connectivity index (χ0n) is 11.9. The quantitative estimate of drug-likeness (QED) is 0.351. The van der Waals surface area contributed by atoms with Crippen molar-refractivity contribution < 1.29 is 4.74 Å². The largest absolute Gasteiger partial charge is 0.387 e. The Bertz CT molecular complexity index is 217. The number of rotatable bonds is 10. The van der Waals surface area contributed by atoms with Crippen LogP contribution in [-0.2, 0) is 4.74 Å². The molecule has 0 aliphatic heterocycles. The molecule has 0 rings (SSSR count). The standard InChI is InChI=1S/C13H29N3O/c1-5-16(10-11-17-4)9-7-6-8-13(2,3)12(14)15/h5-11H2,1-4H3,(H3,14,15). The Labute approximate surface area is 106 Å². The monoisotopic (exact) mass is 243 g/mol. The maximum Gasteiger partial charge on any atom is 0.0963 e. The van der Waals surface area contributed by atoms with Gasteiger partial charge in [0.25, 0.3) is 0 Å². The van der Waals surface area contributed by atoms with Crippen molar-refractivity contribution in [1.29, 1.82) is 5.41 Å². The van der Waals surface area contributed by atoms with Crippen LogP contribution < -0.4 is 5.73 Å². The van der Waals surface area contributed by atoms with E-state index < -0.39 is 0 Å². The summed E-state index contributed by atoms with van der Waals surface area (Å²) in [6.45, 7) is 10.2. The maximum absolute atomic E-state index is 7.50. The molecule has 0 aromatic heterocycles. The molecule has 0 spiro atoms. The van der Waals surface area contributed by atoms with Crippen LogP contribution in [0.15, 0.2) is 0 Å². The van der Waals surface area contributed by atoms with E-state index >= 15 is 0 Å². The predicted octanol–water partition coefficient (Wildman–Crippen LogP) is 2.09. The third-order valence-electron chi connectivity index (χ3n) is 3.31. The summed E-state index contributed by atoms with van der Waals surface area (Å²) in [6.07, 6.45) is 3.27. The van der Waals surface area contributed by atoms with Crippen LogP contribution >= 0.6 is 0 Å². The summed E-state index contributed by atoms with van der Waals surface area (Å²) in [7, 11) is 1.74. The molecule has 0 aliphatic rings. The molecule has 0 fully saturated rings. The molecular weight excluding hydrogens is 214 g/mol. The van der Waals surface area contributed by atoms with Gasteiger partial charge in [0.1, 0.15) is 0 Å². The summed E-state index contributed by atoms with van der Waals surface area (Å²) in [5.74, 6) is 0.296. The lowest BCUT2D eigenvalue weighted by molar-refractivity contribution is 0.149. The average Bonchev–Trinajstić information content (AvgIpc) is 2.28. The molecule has 0 unspecified atom stereocenters. The van der Waals surface area contributed by atoms with Gasteiger partial charge in [0.05, 0.1) is 12.4 Å². The third-order valence-corrected chi connectivity index (χ3v) is 3.31. The van der Waals surface area contributed by atoms with Crippen LogP contribution in [0.3, 0.4) is 0 Å².